The number of ketones is 1. The van der Waals surface area contributed by atoms with Crippen LogP contribution < -0.4 is 0 Å². The minimum atomic E-state index is -4.23. The van der Waals surface area contributed by atoms with Crippen LogP contribution in [0.5, 0.6) is 0 Å². The minimum Gasteiger partial charge on any atom is -0.324 e. The summed E-state index contributed by atoms with van der Waals surface area (Å²) in [5, 5.41) is 0. The lowest BCUT2D eigenvalue weighted by atomic mass is 10.1. The van der Waals surface area contributed by atoms with E-state index in [0.717, 1.165) is 10.0 Å². The summed E-state index contributed by atoms with van der Waals surface area (Å²) in [5.74, 6) is -0.457. The van der Waals surface area contributed by atoms with Crippen LogP contribution in [0.1, 0.15) is 5.56 Å². The Balaban J connectivity index is 2.63. The standard InChI is InChI=1S/C9H10BrO4P/c10-8-3-1-2-7(4-8)5-9(11)6-15(12,13)14/h1-4H,5-6H2,(H2,12,13,14). The summed E-state index contributed by atoms with van der Waals surface area (Å²) in [6.07, 6.45) is -0.649. The summed E-state index contributed by atoms with van der Waals surface area (Å²) in [5.41, 5.74) is 0.739. The van der Waals surface area contributed by atoms with Crippen LogP contribution in [-0.2, 0) is 15.8 Å². The van der Waals surface area contributed by atoms with E-state index in [-0.39, 0.29) is 6.42 Å². The molecule has 15 heavy (non-hydrogen) atoms. The fraction of sp³-hybridized carbons (Fsp3) is 0.222. The molecule has 0 atom stereocenters. The van der Waals surface area contributed by atoms with Crippen LogP contribution in [0.4, 0.5) is 0 Å². The van der Waals surface area contributed by atoms with Crippen molar-refractivity contribution in [3.8, 4) is 0 Å². The van der Waals surface area contributed by atoms with Gasteiger partial charge in [-0.25, -0.2) is 0 Å². The normalized spacial score (nSPS) is 11.4. The third-order valence-corrected chi connectivity index (χ3v) is 2.93. The molecule has 0 bridgehead atoms. The molecule has 6 heteroatoms. The molecule has 4 nitrogen and oxygen atoms in total. The highest BCUT2D eigenvalue weighted by atomic mass is 79.9. The lowest BCUT2D eigenvalue weighted by Gasteiger charge is -2.03. The van der Waals surface area contributed by atoms with E-state index in [0.29, 0.717) is 0 Å². The Hall–Kier alpha value is -0.480. The zero-order valence-electron chi connectivity index (χ0n) is 7.76. The molecular weight excluding hydrogens is 283 g/mol. The van der Waals surface area contributed by atoms with Gasteiger partial charge < -0.3 is 9.79 Å². The van der Waals surface area contributed by atoms with E-state index in [4.69, 9.17) is 9.79 Å². The highest BCUT2D eigenvalue weighted by Crippen LogP contribution is 2.34. The molecule has 0 aliphatic heterocycles. The van der Waals surface area contributed by atoms with Gasteiger partial charge in [0.25, 0.3) is 0 Å². The number of hydrogen-bond donors (Lipinski definition) is 2. The van der Waals surface area contributed by atoms with Gasteiger partial charge in [-0.15, -0.1) is 0 Å². The van der Waals surface area contributed by atoms with Crippen LogP contribution in [0, 0.1) is 0 Å². The molecule has 1 rings (SSSR count). The smallest absolute Gasteiger partial charge is 0.324 e. The molecule has 0 aliphatic rings. The van der Waals surface area contributed by atoms with E-state index in [2.05, 4.69) is 15.9 Å². The predicted octanol–water partition coefficient (Wildman–Crippen LogP) is 1.74. The Labute approximate surface area is 95.6 Å². The largest absolute Gasteiger partial charge is 0.332 e. The quantitative estimate of drug-likeness (QED) is 0.829. The predicted molar refractivity (Wildman–Crippen MR) is 59.8 cm³/mol. The van der Waals surface area contributed by atoms with Gasteiger partial charge in [-0.3, -0.25) is 9.36 Å². The van der Waals surface area contributed by atoms with Gasteiger partial charge in [0.15, 0.2) is 0 Å². The van der Waals surface area contributed by atoms with Gasteiger partial charge in [0.2, 0.25) is 0 Å². The second kappa shape index (κ2) is 5.03. The van der Waals surface area contributed by atoms with Crippen molar-refractivity contribution in [1.82, 2.24) is 0 Å². The van der Waals surface area contributed by atoms with Crippen molar-refractivity contribution in [2.24, 2.45) is 0 Å². The van der Waals surface area contributed by atoms with Crippen molar-refractivity contribution in [3.63, 3.8) is 0 Å². The van der Waals surface area contributed by atoms with Gasteiger partial charge in [-0.1, -0.05) is 28.1 Å². The van der Waals surface area contributed by atoms with Gasteiger partial charge in [0.1, 0.15) is 11.9 Å². The second-order valence-corrected chi connectivity index (χ2v) is 5.73. The first-order valence-electron chi connectivity index (χ1n) is 4.17. The molecule has 0 unspecified atom stereocenters. The zero-order valence-corrected chi connectivity index (χ0v) is 10.2. The van der Waals surface area contributed by atoms with Gasteiger partial charge in [0, 0.05) is 10.9 Å². The Morgan fingerprint density at radius 3 is 2.60 bits per heavy atom. The maximum absolute atomic E-state index is 11.2. The van der Waals surface area contributed by atoms with Crippen LogP contribution >= 0.6 is 23.5 Å². The van der Waals surface area contributed by atoms with E-state index in [1.165, 1.54) is 0 Å². The van der Waals surface area contributed by atoms with Crippen molar-refractivity contribution in [1.29, 1.82) is 0 Å². The number of halogens is 1. The van der Waals surface area contributed by atoms with Crippen molar-refractivity contribution < 1.29 is 19.1 Å². The van der Waals surface area contributed by atoms with E-state index >= 15 is 0 Å². The maximum atomic E-state index is 11.2. The first-order valence-corrected chi connectivity index (χ1v) is 6.76. The van der Waals surface area contributed by atoms with Crippen molar-refractivity contribution in [3.05, 3.63) is 34.3 Å². The molecule has 0 spiro atoms. The van der Waals surface area contributed by atoms with Crippen LogP contribution in [-0.4, -0.2) is 21.7 Å². The molecule has 0 saturated carbocycles. The fourth-order valence-corrected chi connectivity index (χ4v) is 2.18. The highest BCUT2D eigenvalue weighted by molar-refractivity contribution is 9.10. The topological polar surface area (TPSA) is 74.6 Å². The SMILES string of the molecule is O=C(Cc1cccc(Br)c1)CP(=O)(O)O. The molecule has 1 aromatic carbocycles. The van der Waals surface area contributed by atoms with Gasteiger partial charge >= 0.3 is 7.60 Å². The van der Waals surface area contributed by atoms with Gasteiger partial charge in [0.05, 0.1) is 0 Å². The van der Waals surface area contributed by atoms with Crippen molar-refractivity contribution in [2.75, 3.05) is 6.16 Å². The summed E-state index contributed by atoms with van der Waals surface area (Å²) < 4.78 is 11.4. The first-order chi connectivity index (χ1) is 6.87. The Morgan fingerprint density at radius 2 is 2.07 bits per heavy atom. The fourth-order valence-electron chi connectivity index (χ4n) is 1.16. The third kappa shape index (κ3) is 5.23. The van der Waals surface area contributed by atoms with E-state index in [1.54, 1.807) is 18.2 Å². The monoisotopic (exact) mass is 292 g/mol. The first kappa shape index (κ1) is 12.6. The Bertz CT molecular complexity index is 412. The highest BCUT2D eigenvalue weighted by Gasteiger charge is 2.18. The average molecular weight is 293 g/mol. The molecule has 0 fully saturated rings. The molecule has 82 valence electrons. The maximum Gasteiger partial charge on any atom is 0.332 e. The molecule has 0 aliphatic carbocycles. The van der Waals surface area contributed by atoms with Gasteiger partial charge in [-0.2, -0.15) is 0 Å². The van der Waals surface area contributed by atoms with Crippen LogP contribution in [0.25, 0.3) is 0 Å². The number of carbonyl (C=O) groups is 1. The van der Waals surface area contributed by atoms with Gasteiger partial charge in [-0.05, 0) is 17.7 Å². The lowest BCUT2D eigenvalue weighted by molar-refractivity contribution is -0.116. The summed E-state index contributed by atoms with van der Waals surface area (Å²) in [4.78, 5) is 28.4. The molecular formula is C9H10BrO4P. The average Bonchev–Trinajstić information content (AvgIpc) is 1.99. The number of carbonyl (C=O) groups excluding carboxylic acids is 1. The van der Waals surface area contributed by atoms with Crippen molar-refractivity contribution >= 4 is 29.3 Å². The summed E-state index contributed by atoms with van der Waals surface area (Å²) in [6.45, 7) is 0. The molecule has 0 radical (unpaired) electrons. The van der Waals surface area contributed by atoms with E-state index in [1.807, 2.05) is 6.07 Å². The molecule has 0 aromatic heterocycles. The third-order valence-electron chi connectivity index (χ3n) is 1.67. The van der Waals surface area contributed by atoms with Crippen molar-refractivity contribution in [2.45, 2.75) is 6.42 Å². The second-order valence-electron chi connectivity index (χ2n) is 3.17. The number of hydrogen-bond acceptors (Lipinski definition) is 2. The molecule has 0 heterocycles. The summed E-state index contributed by atoms with van der Waals surface area (Å²) in [6, 6.07) is 7.07. The summed E-state index contributed by atoms with van der Waals surface area (Å²) >= 11 is 3.25. The van der Waals surface area contributed by atoms with Crippen LogP contribution in [0.3, 0.4) is 0 Å². The van der Waals surface area contributed by atoms with Crippen LogP contribution in [0.2, 0.25) is 0 Å². The Morgan fingerprint density at radius 1 is 1.40 bits per heavy atom. The van der Waals surface area contributed by atoms with E-state index < -0.39 is 19.5 Å². The summed E-state index contributed by atoms with van der Waals surface area (Å²) in [7, 11) is -4.23. The van der Waals surface area contributed by atoms with Crippen LogP contribution in [0.15, 0.2) is 28.7 Å². The molecule has 0 amide bonds. The lowest BCUT2D eigenvalue weighted by Crippen LogP contribution is -2.08. The zero-order chi connectivity index (χ0) is 11.5. The molecule has 2 N–H and O–H groups in total. The number of Topliss-reactive ketones (excluding diaryl/α,β-unsaturated/α-hetero) is 1. The minimum absolute atomic E-state index is 0.0462. The van der Waals surface area contributed by atoms with E-state index in [9.17, 15) is 9.36 Å². The molecule has 1 aromatic rings. The molecule has 0 saturated heterocycles. The Kier molecular flexibility index (Phi) is 4.22. The number of benzene rings is 1. The number of rotatable bonds is 4.